The van der Waals surface area contributed by atoms with Crippen molar-refractivity contribution in [2.24, 2.45) is 11.8 Å². The van der Waals surface area contributed by atoms with Gasteiger partial charge in [0.15, 0.2) is 0 Å². The van der Waals surface area contributed by atoms with Gasteiger partial charge in [-0.1, -0.05) is 32.0 Å². The second-order valence-corrected chi connectivity index (χ2v) is 5.03. The van der Waals surface area contributed by atoms with E-state index in [1.807, 2.05) is 23.1 Å². The summed E-state index contributed by atoms with van der Waals surface area (Å²) in [7, 11) is 0. The fourth-order valence-corrected chi connectivity index (χ4v) is 2.47. The lowest BCUT2D eigenvalue weighted by molar-refractivity contribution is 0.112. The Kier molecular flexibility index (Phi) is 3.67. The van der Waals surface area contributed by atoms with Crippen LogP contribution < -0.4 is 4.74 Å². The zero-order chi connectivity index (χ0) is 12.3. The Morgan fingerprint density at radius 1 is 1.18 bits per heavy atom. The summed E-state index contributed by atoms with van der Waals surface area (Å²) >= 11 is 0. The average molecular weight is 233 g/mol. The average Bonchev–Trinajstić information content (AvgIpc) is 2.29. The van der Waals surface area contributed by atoms with E-state index in [0.717, 1.165) is 13.1 Å². The second-order valence-electron chi connectivity index (χ2n) is 5.03. The van der Waals surface area contributed by atoms with Gasteiger partial charge >= 0.3 is 6.09 Å². The Bertz CT molecular complexity index is 367. The van der Waals surface area contributed by atoms with Crippen molar-refractivity contribution in [3.63, 3.8) is 0 Å². The van der Waals surface area contributed by atoms with E-state index in [-0.39, 0.29) is 6.09 Å². The maximum absolute atomic E-state index is 12.0. The van der Waals surface area contributed by atoms with Gasteiger partial charge in [-0.3, -0.25) is 0 Å². The van der Waals surface area contributed by atoms with Crippen LogP contribution in [0.5, 0.6) is 5.75 Å². The number of ether oxygens (including phenoxy) is 1. The van der Waals surface area contributed by atoms with E-state index in [1.54, 1.807) is 12.1 Å². The number of carbonyl (C=O) groups is 1. The van der Waals surface area contributed by atoms with Crippen LogP contribution in [0.3, 0.4) is 0 Å². The van der Waals surface area contributed by atoms with Crippen LogP contribution in [0, 0.1) is 11.8 Å². The smallest absolute Gasteiger partial charge is 0.410 e. The molecule has 1 aliphatic rings. The number of hydrogen-bond acceptors (Lipinski definition) is 2. The lowest BCUT2D eigenvalue weighted by Crippen LogP contribution is -2.43. The molecule has 0 radical (unpaired) electrons. The van der Waals surface area contributed by atoms with E-state index in [0.29, 0.717) is 17.6 Å². The minimum Gasteiger partial charge on any atom is -0.410 e. The molecule has 0 aliphatic carbocycles. The molecule has 1 amide bonds. The molecule has 0 unspecified atom stereocenters. The first-order valence-electron chi connectivity index (χ1n) is 6.17. The molecule has 0 spiro atoms. The first-order valence-corrected chi connectivity index (χ1v) is 6.17. The second kappa shape index (κ2) is 5.21. The van der Waals surface area contributed by atoms with Crippen LogP contribution in [0.2, 0.25) is 0 Å². The number of para-hydroxylation sites is 1. The molecule has 3 heteroatoms. The molecule has 1 aliphatic heterocycles. The maximum atomic E-state index is 12.0. The number of nitrogens with zero attached hydrogens (tertiary/aromatic N) is 1. The number of rotatable bonds is 1. The van der Waals surface area contributed by atoms with Crippen molar-refractivity contribution in [3.8, 4) is 5.75 Å². The third-order valence-corrected chi connectivity index (χ3v) is 3.08. The standard InChI is InChI=1S/C14H19NO2/c1-11-8-12(2)10-15(9-11)14(16)17-13-6-4-3-5-7-13/h3-7,11-12H,8-10H2,1-2H3/t11-,12-/m1/s1. The molecular formula is C14H19NO2. The van der Waals surface area contributed by atoms with Crippen LogP contribution in [-0.4, -0.2) is 24.1 Å². The zero-order valence-electron chi connectivity index (χ0n) is 10.4. The number of amides is 1. The molecule has 2 rings (SSSR count). The lowest BCUT2D eigenvalue weighted by Gasteiger charge is -2.34. The van der Waals surface area contributed by atoms with Crippen molar-refractivity contribution in [2.45, 2.75) is 20.3 Å². The van der Waals surface area contributed by atoms with Gasteiger partial charge in [-0.05, 0) is 30.4 Å². The zero-order valence-corrected chi connectivity index (χ0v) is 10.4. The first-order chi connectivity index (χ1) is 8.15. The minimum atomic E-state index is -0.227. The Morgan fingerprint density at radius 3 is 2.35 bits per heavy atom. The first kappa shape index (κ1) is 12.0. The highest BCUT2D eigenvalue weighted by atomic mass is 16.6. The summed E-state index contributed by atoms with van der Waals surface area (Å²) in [6.07, 6.45) is 0.962. The number of carbonyl (C=O) groups excluding carboxylic acids is 1. The molecule has 0 saturated carbocycles. The van der Waals surface area contributed by atoms with E-state index in [2.05, 4.69) is 13.8 Å². The highest BCUT2D eigenvalue weighted by Gasteiger charge is 2.26. The van der Waals surface area contributed by atoms with Gasteiger partial charge in [0, 0.05) is 13.1 Å². The van der Waals surface area contributed by atoms with Crippen LogP contribution in [0.25, 0.3) is 0 Å². The van der Waals surface area contributed by atoms with Crippen LogP contribution >= 0.6 is 0 Å². The fourth-order valence-electron chi connectivity index (χ4n) is 2.47. The van der Waals surface area contributed by atoms with Crippen molar-refractivity contribution in [1.82, 2.24) is 4.90 Å². The summed E-state index contributed by atoms with van der Waals surface area (Å²) in [5.74, 6) is 1.73. The number of benzene rings is 1. The summed E-state index contributed by atoms with van der Waals surface area (Å²) in [5.41, 5.74) is 0. The molecule has 0 bridgehead atoms. The van der Waals surface area contributed by atoms with Crippen molar-refractivity contribution in [2.75, 3.05) is 13.1 Å². The van der Waals surface area contributed by atoms with Gasteiger partial charge in [0.05, 0.1) is 0 Å². The van der Waals surface area contributed by atoms with Crippen LogP contribution in [0.1, 0.15) is 20.3 Å². The minimum absolute atomic E-state index is 0.227. The lowest BCUT2D eigenvalue weighted by atomic mass is 9.92. The van der Waals surface area contributed by atoms with Gasteiger partial charge in [0.1, 0.15) is 5.75 Å². The van der Waals surface area contributed by atoms with Crippen LogP contribution in [-0.2, 0) is 0 Å². The van der Waals surface area contributed by atoms with E-state index < -0.39 is 0 Å². The monoisotopic (exact) mass is 233 g/mol. The molecule has 1 aromatic rings. The molecule has 1 heterocycles. The number of piperidine rings is 1. The van der Waals surface area contributed by atoms with Gasteiger partial charge < -0.3 is 9.64 Å². The fraction of sp³-hybridized carbons (Fsp3) is 0.500. The molecule has 1 saturated heterocycles. The Hall–Kier alpha value is -1.51. The molecule has 92 valence electrons. The summed E-state index contributed by atoms with van der Waals surface area (Å²) in [5, 5.41) is 0. The van der Waals surface area contributed by atoms with Crippen molar-refractivity contribution >= 4 is 6.09 Å². The normalized spacial score (nSPS) is 24.5. The summed E-state index contributed by atoms with van der Waals surface area (Å²) in [6.45, 7) is 5.96. The van der Waals surface area contributed by atoms with Gasteiger partial charge in [-0.15, -0.1) is 0 Å². The quantitative estimate of drug-likeness (QED) is 0.745. The SMILES string of the molecule is C[C@@H]1C[C@@H](C)CN(C(=O)Oc2ccccc2)C1. The molecule has 3 nitrogen and oxygen atoms in total. The van der Waals surface area contributed by atoms with Crippen LogP contribution in [0.4, 0.5) is 4.79 Å². The number of hydrogen-bond donors (Lipinski definition) is 0. The van der Waals surface area contributed by atoms with E-state index in [1.165, 1.54) is 6.42 Å². The van der Waals surface area contributed by atoms with E-state index >= 15 is 0 Å². The predicted molar refractivity (Wildman–Crippen MR) is 67.0 cm³/mol. The van der Waals surface area contributed by atoms with Gasteiger partial charge in [-0.25, -0.2) is 4.79 Å². The molecular weight excluding hydrogens is 214 g/mol. The highest BCUT2D eigenvalue weighted by molar-refractivity contribution is 5.70. The Balaban J connectivity index is 1.96. The topological polar surface area (TPSA) is 29.5 Å². The molecule has 2 atom stereocenters. The van der Waals surface area contributed by atoms with Gasteiger partial charge in [0.2, 0.25) is 0 Å². The van der Waals surface area contributed by atoms with E-state index in [4.69, 9.17) is 4.74 Å². The molecule has 0 N–H and O–H groups in total. The largest absolute Gasteiger partial charge is 0.415 e. The van der Waals surface area contributed by atoms with Crippen molar-refractivity contribution < 1.29 is 9.53 Å². The van der Waals surface area contributed by atoms with Gasteiger partial charge in [0.25, 0.3) is 0 Å². The van der Waals surface area contributed by atoms with Crippen LogP contribution in [0.15, 0.2) is 30.3 Å². The molecule has 0 aromatic heterocycles. The van der Waals surface area contributed by atoms with Crippen molar-refractivity contribution in [1.29, 1.82) is 0 Å². The summed E-state index contributed by atoms with van der Waals surface area (Å²) in [4.78, 5) is 13.8. The molecule has 1 fully saturated rings. The number of likely N-dealkylation sites (tertiary alicyclic amines) is 1. The van der Waals surface area contributed by atoms with Gasteiger partial charge in [-0.2, -0.15) is 0 Å². The highest BCUT2D eigenvalue weighted by Crippen LogP contribution is 2.22. The summed E-state index contributed by atoms with van der Waals surface area (Å²) in [6, 6.07) is 9.24. The third kappa shape index (κ3) is 3.22. The molecule has 1 aromatic carbocycles. The Morgan fingerprint density at radius 2 is 1.76 bits per heavy atom. The predicted octanol–water partition coefficient (Wildman–Crippen LogP) is 3.16. The maximum Gasteiger partial charge on any atom is 0.415 e. The third-order valence-electron chi connectivity index (χ3n) is 3.08. The molecule has 17 heavy (non-hydrogen) atoms. The Labute approximate surface area is 102 Å². The van der Waals surface area contributed by atoms with Crippen molar-refractivity contribution in [3.05, 3.63) is 30.3 Å². The van der Waals surface area contributed by atoms with E-state index in [9.17, 15) is 4.79 Å². The summed E-state index contributed by atoms with van der Waals surface area (Å²) < 4.78 is 5.34.